The number of carbonyl (C=O) groups excluding carboxylic acids is 2. The maximum Gasteiger partial charge on any atom is 0.251 e. The SMILES string of the molecule is CCc1oc2ccccc2c1CN(C)C(=O)CCNC(=O)c1ccc(Br)cc1. The topological polar surface area (TPSA) is 62.6 Å². The van der Waals surface area contributed by atoms with Gasteiger partial charge in [-0.2, -0.15) is 0 Å². The standard InChI is InChI=1S/C22H23BrN2O3/c1-3-19-18(17-6-4-5-7-20(17)28-19)14-25(2)21(26)12-13-24-22(27)15-8-10-16(23)11-9-15/h4-11H,3,12-14H2,1-2H3,(H,24,27). The Morgan fingerprint density at radius 3 is 2.54 bits per heavy atom. The number of fused-ring (bicyclic) bond motifs is 1. The van der Waals surface area contributed by atoms with Crippen LogP contribution < -0.4 is 5.32 Å². The van der Waals surface area contributed by atoms with Crippen molar-refractivity contribution in [2.45, 2.75) is 26.3 Å². The zero-order valence-corrected chi connectivity index (χ0v) is 17.6. The number of benzene rings is 2. The van der Waals surface area contributed by atoms with Gasteiger partial charge in [0.1, 0.15) is 11.3 Å². The summed E-state index contributed by atoms with van der Waals surface area (Å²) in [4.78, 5) is 26.3. The fourth-order valence-electron chi connectivity index (χ4n) is 3.11. The zero-order valence-electron chi connectivity index (χ0n) is 16.0. The number of halogens is 1. The first-order valence-corrected chi connectivity index (χ1v) is 10.1. The molecule has 5 nitrogen and oxygen atoms in total. The van der Waals surface area contributed by atoms with Crippen molar-refractivity contribution < 1.29 is 14.0 Å². The van der Waals surface area contributed by atoms with E-state index in [0.717, 1.165) is 33.2 Å². The summed E-state index contributed by atoms with van der Waals surface area (Å²) in [6, 6.07) is 15.0. The minimum Gasteiger partial charge on any atom is -0.461 e. The quantitative estimate of drug-likeness (QED) is 0.584. The van der Waals surface area contributed by atoms with Crippen molar-refractivity contribution in [2.24, 2.45) is 0 Å². The number of aryl methyl sites for hydroxylation is 1. The molecule has 0 spiro atoms. The van der Waals surface area contributed by atoms with Crippen molar-refractivity contribution in [1.82, 2.24) is 10.2 Å². The van der Waals surface area contributed by atoms with E-state index in [-0.39, 0.29) is 18.2 Å². The average molecular weight is 443 g/mol. The molecule has 0 saturated heterocycles. The van der Waals surface area contributed by atoms with E-state index in [0.29, 0.717) is 18.7 Å². The van der Waals surface area contributed by atoms with Gasteiger partial charge >= 0.3 is 0 Å². The van der Waals surface area contributed by atoms with Gasteiger partial charge in [0.2, 0.25) is 5.91 Å². The number of nitrogens with one attached hydrogen (secondary N) is 1. The van der Waals surface area contributed by atoms with E-state index < -0.39 is 0 Å². The number of carbonyl (C=O) groups is 2. The van der Waals surface area contributed by atoms with Crippen LogP contribution in [0.25, 0.3) is 11.0 Å². The molecule has 1 N–H and O–H groups in total. The maximum atomic E-state index is 12.5. The lowest BCUT2D eigenvalue weighted by Gasteiger charge is -2.17. The molecule has 0 radical (unpaired) electrons. The third kappa shape index (κ3) is 4.62. The fourth-order valence-corrected chi connectivity index (χ4v) is 3.38. The Kier molecular flexibility index (Phi) is 6.52. The van der Waals surface area contributed by atoms with Gasteiger partial charge in [-0.05, 0) is 30.3 Å². The number of nitrogens with zero attached hydrogens (tertiary/aromatic N) is 1. The molecule has 0 bridgehead atoms. The molecule has 28 heavy (non-hydrogen) atoms. The molecule has 0 saturated carbocycles. The normalized spacial score (nSPS) is 10.8. The molecule has 1 aromatic heterocycles. The first-order valence-electron chi connectivity index (χ1n) is 9.26. The largest absolute Gasteiger partial charge is 0.461 e. The maximum absolute atomic E-state index is 12.5. The van der Waals surface area contributed by atoms with Gasteiger partial charge in [0.25, 0.3) is 5.91 Å². The highest BCUT2D eigenvalue weighted by Gasteiger charge is 2.17. The Morgan fingerprint density at radius 1 is 1.11 bits per heavy atom. The van der Waals surface area contributed by atoms with Crippen LogP contribution in [0.5, 0.6) is 0 Å². The van der Waals surface area contributed by atoms with Crippen molar-refractivity contribution >= 4 is 38.7 Å². The molecule has 2 amide bonds. The molecule has 2 aromatic carbocycles. The van der Waals surface area contributed by atoms with Crippen molar-refractivity contribution in [3.8, 4) is 0 Å². The van der Waals surface area contributed by atoms with Crippen LogP contribution in [0.1, 0.15) is 35.0 Å². The van der Waals surface area contributed by atoms with Crippen LogP contribution in [0.15, 0.2) is 57.4 Å². The van der Waals surface area contributed by atoms with Gasteiger partial charge in [-0.25, -0.2) is 0 Å². The van der Waals surface area contributed by atoms with Gasteiger partial charge in [-0.1, -0.05) is 41.1 Å². The van der Waals surface area contributed by atoms with Gasteiger partial charge < -0.3 is 14.6 Å². The van der Waals surface area contributed by atoms with E-state index >= 15 is 0 Å². The summed E-state index contributed by atoms with van der Waals surface area (Å²) in [6.45, 7) is 2.82. The number of para-hydroxylation sites is 1. The van der Waals surface area contributed by atoms with Crippen molar-refractivity contribution in [1.29, 1.82) is 0 Å². The van der Waals surface area contributed by atoms with E-state index in [9.17, 15) is 9.59 Å². The van der Waals surface area contributed by atoms with Gasteiger partial charge in [0, 0.05) is 54.0 Å². The smallest absolute Gasteiger partial charge is 0.251 e. The van der Waals surface area contributed by atoms with E-state index in [4.69, 9.17) is 4.42 Å². The molecule has 0 atom stereocenters. The van der Waals surface area contributed by atoms with Crippen molar-refractivity contribution in [3.63, 3.8) is 0 Å². The van der Waals surface area contributed by atoms with Crippen LogP contribution >= 0.6 is 15.9 Å². The molecule has 3 rings (SSSR count). The van der Waals surface area contributed by atoms with E-state index in [2.05, 4.69) is 21.2 Å². The third-order valence-electron chi connectivity index (χ3n) is 4.65. The number of hydrogen-bond donors (Lipinski definition) is 1. The zero-order chi connectivity index (χ0) is 20.1. The molecule has 146 valence electrons. The van der Waals surface area contributed by atoms with E-state index in [1.165, 1.54) is 0 Å². The average Bonchev–Trinajstić information content (AvgIpc) is 3.06. The summed E-state index contributed by atoms with van der Waals surface area (Å²) in [5, 5.41) is 3.84. The van der Waals surface area contributed by atoms with Crippen LogP contribution in [0.4, 0.5) is 0 Å². The van der Waals surface area contributed by atoms with Gasteiger partial charge in [0.05, 0.1) is 0 Å². The van der Waals surface area contributed by atoms with Gasteiger partial charge in [0.15, 0.2) is 0 Å². The predicted molar refractivity (Wildman–Crippen MR) is 113 cm³/mol. The summed E-state index contributed by atoms with van der Waals surface area (Å²) in [6.07, 6.45) is 1.02. The molecule has 0 unspecified atom stereocenters. The summed E-state index contributed by atoms with van der Waals surface area (Å²) < 4.78 is 6.82. The Bertz CT molecular complexity index is 979. The van der Waals surface area contributed by atoms with Crippen LogP contribution in [0.3, 0.4) is 0 Å². The van der Waals surface area contributed by atoms with Gasteiger partial charge in [-0.15, -0.1) is 0 Å². The first kappa shape index (κ1) is 20.1. The molecular weight excluding hydrogens is 420 g/mol. The summed E-state index contributed by atoms with van der Waals surface area (Å²) in [5.74, 6) is 0.699. The lowest BCUT2D eigenvalue weighted by atomic mass is 10.1. The molecular formula is C22H23BrN2O3. The molecule has 0 aliphatic heterocycles. The number of amides is 2. The predicted octanol–water partition coefficient (Wildman–Crippen LogP) is 4.54. The second-order valence-corrected chi connectivity index (χ2v) is 7.53. The van der Waals surface area contributed by atoms with E-state index in [1.807, 2.05) is 43.3 Å². The van der Waals surface area contributed by atoms with Crippen molar-refractivity contribution in [2.75, 3.05) is 13.6 Å². The molecule has 0 fully saturated rings. The highest BCUT2D eigenvalue weighted by molar-refractivity contribution is 9.10. The molecule has 6 heteroatoms. The van der Waals surface area contributed by atoms with Crippen LogP contribution in [0, 0.1) is 0 Å². The second-order valence-electron chi connectivity index (χ2n) is 6.62. The number of furan rings is 1. The van der Waals surface area contributed by atoms with E-state index in [1.54, 1.807) is 24.1 Å². The Balaban J connectivity index is 1.56. The second kappa shape index (κ2) is 9.06. The summed E-state index contributed by atoms with van der Waals surface area (Å²) in [7, 11) is 1.78. The highest BCUT2D eigenvalue weighted by Crippen LogP contribution is 2.27. The Hall–Kier alpha value is -2.60. The minimum absolute atomic E-state index is 0.0246. The third-order valence-corrected chi connectivity index (χ3v) is 5.18. The number of rotatable bonds is 7. The van der Waals surface area contributed by atoms with Crippen LogP contribution in [-0.2, 0) is 17.8 Å². The lowest BCUT2D eigenvalue weighted by molar-refractivity contribution is -0.130. The number of hydrogen-bond acceptors (Lipinski definition) is 3. The first-order chi connectivity index (χ1) is 13.5. The summed E-state index contributed by atoms with van der Waals surface area (Å²) in [5.41, 5.74) is 2.46. The van der Waals surface area contributed by atoms with Crippen molar-refractivity contribution in [3.05, 3.63) is 69.9 Å². The molecule has 0 aliphatic carbocycles. The van der Waals surface area contributed by atoms with Crippen LogP contribution in [-0.4, -0.2) is 30.3 Å². The lowest BCUT2D eigenvalue weighted by Crippen LogP contribution is -2.32. The molecule has 0 aliphatic rings. The van der Waals surface area contributed by atoms with Crippen LogP contribution in [0.2, 0.25) is 0 Å². The van der Waals surface area contributed by atoms with Gasteiger partial charge in [-0.3, -0.25) is 9.59 Å². The monoisotopic (exact) mass is 442 g/mol. The molecule has 1 heterocycles. The molecule has 3 aromatic rings. The fraction of sp³-hybridized carbons (Fsp3) is 0.273. The minimum atomic E-state index is -0.183. The summed E-state index contributed by atoms with van der Waals surface area (Å²) >= 11 is 3.34. The Labute approximate surface area is 172 Å². The highest BCUT2D eigenvalue weighted by atomic mass is 79.9. The Morgan fingerprint density at radius 2 is 1.82 bits per heavy atom.